The van der Waals surface area contributed by atoms with Gasteiger partial charge in [-0.25, -0.2) is 0 Å². The molecule has 20 heavy (non-hydrogen) atoms. The summed E-state index contributed by atoms with van der Waals surface area (Å²) in [6.07, 6.45) is 2.42. The van der Waals surface area contributed by atoms with E-state index in [9.17, 15) is 4.79 Å². The predicted molar refractivity (Wildman–Crippen MR) is 87.1 cm³/mol. The van der Waals surface area contributed by atoms with E-state index in [1.54, 1.807) is 0 Å². The number of nitrogens with two attached hydrogens (primary N) is 1. The van der Waals surface area contributed by atoms with Crippen molar-refractivity contribution in [2.45, 2.75) is 23.5 Å². The third kappa shape index (κ3) is 3.51. The Morgan fingerprint density at radius 1 is 1.25 bits per heavy atom. The number of hydrogen-bond donors (Lipinski definition) is 2. The monoisotopic (exact) mass is 308 g/mol. The summed E-state index contributed by atoms with van der Waals surface area (Å²) < 4.78 is 0.537. The number of benzene rings is 1. The maximum absolute atomic E-state index is 12.0. The molecule has 1 heterocycles. The number of carbonyl (C=O) groups is 1. The van der Waals surface area contributed by atoms with Gasteiger partial charge in [0.25, 0.3) is 5.91 Å². The lowest BCUT2D eigenvalue weighted by molar-refractivity contribution is 0.0950. The zero-order chi connectivity index (χ0) is 13.9. The molecule has 2 aliphatic rings. The van der Waals surface area contributed by atoms with Crippen LogP contribution in [0.15, 0.2) is 24.3 Å². The maximum atomic E-state index is 12.0. The van der Waals surface area contributed by atoms with Crippen LogP contribution in [0.1, 0.15) is 33.3 Å². The second-order valence-corrected chi connectivity index (χ2v) is 8.13. The summed E-state index contributed by atoms with van der Waals surface area (Å²) in [5.41, 5.74) is 8.03. The van der Waals surface area contributed by atoms with E-state index in [0.29, 0.717) is 17.0 Å². The van der Waals surface area contributed by atoms with E-state index in [1.165, 1.54) is 29.9 Å². The van der Waals surface area contributed by atoms with Crippen molar-refractivity contribution in [3.8, 4) is 0 Å². The molecule has 1 atom stereocenters. The predicted octanol–water partition coefficient (Wildman–Crippen LogP) is 2.63. The summed E-state index contributed by atoms with van der Waals surface area (Å²) in [5, 5.41) is 2.93. The summed E-state index contributed by atoms with van der Waals surface area (Å²) >= 11 is 3.96. The number of thioether (sulfide) groups is 2. The molecule has 1 unspecified atom stereocenters. The first kappa shape index (κ1) is 14.3. The van der Waals surface area contributed by atoms with E-state index >= 15 is 0 Å². The molecule has 2 fully saturated rings. The standard InChI is InChI=1S/C15H20N2OS2/c16-13(10-1-2-10)9-17-14(18)11-3-5-12(6-4-11)15-19-7-8-20-15/h3-6,10,13,15H,1-2,7-9,16H2,(H,17,18). The largest absolute Gasteiger partial charge is 0.350 e. The van der Waals surface area contributed by atoms with Crippen LogP contribution in [0.4, 0.5) is 0 Å². The lowest BCUT2D eigenvalue weighted by atomic mass is 10.1. The molecule has 1 aliphatic heterocycles. The van der Waals surface area contributed by atoms with Gasteiger partial charge in [-0.15, -0.1) is 23.5 Å². The van der Waals surface area contributed by atoms with Gasteiger partial charge in [0.05, 0.1) is 4.58 Å². The highest BCUT2D eigenvalue weighted by Gasteiger charge is 2.28. The Morgan fingerprint density at radius 2 is 1.90 bits per heavy atom. The Kier molecular flexibility index (Phi) is 4.58. The van der Waals surface area contributed by atoms with Crippen LogP contribution in [-0.4, -0.2) is 30.0 Å². The van der Waals surface area contributed by atoms with Crippen LogP contribution < -0.4 is 11.1 Å². The zero-order valence-electron chi connectivity index (χ0n) is 11.4. The Balaban J connectivity index is 1.54. The van der Waals surface area contributed by atoms with Crippen molar-refractivity contribution in [2.75, 3.05) is 18.1 Å². The van der Waals surface area contributed by atoms with E-state index in [-0.39, 0.29) is 11.9 Å². The van der Waals surface area contributed by atoms with Gasteiger partial charge in [-0.05, 0) is 36.5 Å². The summed E-state index contributed by atoms with van der Waals surface area (Å²) in [6, 6.07) is 8.11. The summed E-state index contributed by atoms with van der Waals surface area (Å²) in [7, 11) is 0. The molecular formula is C15H20N2OS2. The molecule has 3 nitrogen and oxygen atoms in total. The average Bonchev–Trinajstić information content (AvgIpc) is 3.19. The van der Waals surface area contributed by atoms with Gasteiger partial charge in [-0.2, -0.15) is 0 Å². The smallest absolute Gasteiger partial charge is 0.251 e. The molecule has 0 bridgehead atoms. The van der Waals surface area contributed by atoms with Crippen LogP contribution in [-0.2, 0) is 0 Å². The minimum Gasteiger partial charge on any atom is -0.350 e. The fraction of sp³-hybridized carbons (Fsp3) is 0.533. The highest BCUT2D eigenvalue weighted by molar-refractivity contribution is 8.19. The van der Waals surface area contributed by atoms with Gasteiger partial charge in [0.2, 0.25) is 0 Å². The minimum absolute atomic E-state index is 0.0145. The van der Waals surface area contributed by atoms with Gasteiger partial charge in [0.15, 0.2) is 0 Å². The number of carbonyl (C=O) groups excluding carboxylic acids is 1. The lowest BCUT2D eigenvalue weighted by Crippen LogP contribution is -2.38. The number of nitrogens with one attached hydrogen (secondary N) is 1. The SMILES string of the molecule is NC(CNC(=O)c1ccc(C2SCCS2)cc1)C1CC1. The fourth-order valence-corrected chi connectivity index (χ4v) is 5.21. The summed E-state index contributed by atoms with van der Waals surface area (Å²) in [4.78, 5) is 12.0. The van der Waals surface area contributed by atoms with Crippen molar-refractivity contribution in [1.82, 2.24) is 5.32 Å². The topological polar surface area (TPSA) is 55.1 Å². The highest BCUT2D eigenvalue weighted by atomic mass is 32.2. The first-order valence-corrected chi connectivity index (χ1v) is 9.21. The van der Waals surface area contributed by atoms with Crippen LogP contribution in [0.2, 0.25) is 0 Å². The van der Waals surface area contributed by atoms with Crippen molar-refractivity contribution in [3.63, 3.8) is 0 Å². The Bertz CT molecular complexity index is 467. The van der Waals surface area contributed by atoms with E-state index in [4.69, 9.17) is 5.73 Å². The van der Waals surface area contributed by atoms with Crippen LogP contribution in [0, 0.1) is 5.92 Å². The minimum atomic E-state index is -0.0145. The number of amides is 1. The van der Waals surface area contributed by atoms with Gasteiger partial charge < -0.3 is 11.1 Å². The first-order valence-electron chi connectivity index (χ1n) is 7.11. The average molecular weight is 308 g/mol. The molecule has 1 aromatic carbocycles. The molecule has 1 aromatic rings. The third-order valence-electron chi connectivity index (χ3n) is 3.79. The van der Waals surface area contributed by atoms with E-state index in [0.717, 1.165) is 5.56 Å². The summed E-state index contributed by atoms with van der Waals surface area (Å²) in [6.45, 7) is 0.583. The first-order chi connectivity index (χ1) is 9.74. The Labute approximate surface area is 128 Å². The second-order valence-electron chi connectivity index (χ2n) is 5.41. The second kappa shape index (κ2) is 6.41. The van der Waals surface area contributed by atoms with Crippen molar-refractivity contribution in [1.29, 1.82) is 0 Å². The molecular weight excluding hydrogens is 288 g/mol. The summed E-state index contributed by atoms with van der Waals surface area (Å²) in [5.74, 6) is 3.04. The van der Waals surface area contributed by atoms with Gasteiger partial charge in [-0.1, -0.05) is 12.1 Å². The molecule has 0 radical (unpaired) electrons. The molecule has 108 valence electrons. The number of hydrogen-bond acceptors (Lipinski definition) is 4. The Morgan fingerprint density at radius 3 is 2.50 bits per heavy atom. The van der Waals surface area contributed by atoms with Crippen molar-refractivity contribution < 1.29 is 4.79 Å². The third-order valence-corrected chi connectivity index (χ3v) is 6.90. The molecule has 1 amide bonds. The van der Waals surface area contributed by atoms with Gasteiger partial charge in [-0.3, -0.25) is 4.79 Å². The molecule has 1 aliphatic carbocycles. The van der Waals surface area contributed by atoms with Crippen molar-refractivity contribution in [2.24, 2.45) is 11.7 Å². The van der Waals surface area contributed by atoms with Crippen molar-refractivity contribution >= 4 is 29.4 Å². The van der Waals surface area contributed by atoms with E-state index in [2.05, 4.69) is 17.4 Å². The Hall–Kier alpha value is -0.650. The van der Waals surface area contributed by atoms with Crippen LogP contribution in [0.25, 0.3) is 0 Å². The zero-order valence-corrected chi connectivity index (χ0v) is 13.0. The fourth-order valence-electron chi connectivity index (χ4n) is 2.35. The van der Waals surface area contributed by atoms with Gasteiger partial charge >= 0.3 is 0 Å². The molecule has 3 rings (SSSR count). The quantitative estimate of drug-likeness (QED) is 0.878. The van der Waals surface area contributed by atoms with Crippen molar-refractivity contribution in [3.05, 3.63) is 35.4 Å². The van der Waals surface area contributed by atoms with Gasteiger partial charge in [0, 0.05) is 29.7 Å². The number of rotatable bonds is 5. The normalized spacial score (nSPS) is 20.9. The van der Waals surface area contributed by atoms with E-state index < -0.39 is 0 Å². The molecule has 0 aromatic heterocycles. The van der Waals surface area contributed by atoms with E-state index in [1.807, 2.05) is 35.7 Å². The van der Waals surface area contributed by atoms with Crippen LogP contribution >= 0.6 is 23.5 Å². The molecule has 1 saturated carbocycles. The van der Waals surface area contributed by atoms with Gasteiger partial charge in [0.1, 0.15) is 0 Å². The maximum Gasteiger partial charge on any atom is 0.251 e. The molecule has 0 spiro atoms. The van der Waals surface area contributed by atoms with Crippen LogP contribution in [0.3, 0.4) is 0 Å². The molecule has 1 saturated heterocycles. The molecule has 3 N–H and O–H groups in total. The lowest BCUT2D eigenvalue weighted by Gasteiger charge is -2.12. The molecule has 5 heteroatoms. The van der Waals surface area contributed by atoms with Crippen LogP contribution in [0.5, 0.6) is 0 Å². The highest BCUT2D eigenvalue weighted by Crippen LogP contribution is 2.45.